The highest BCUT2D eigenvalue weighted by Gasteiger charge is 2.58. The summed E-state index contributed by atoms with van der Waals surface area (Å²) in [5.74, 6) is 1.26. The van der Waals surface area contributed by atoms with Crippen molar-refractivity contribution in [3.8, 4) is 5.75 Å². The van der Waals surface area contributed by atoms with Gasteiger partial charge in [0, 0.05) is 29.6 Å². The number of hydrogen-bond acceptors (Lipinski definition) is 4. The van der Waals surface area contributed by atoms with Crippen LogP contribution in [0.5, 0.6) is 5.75 Å². The number of halogens is 1. The number of nitrogens with zero attached hydrogens (tertiary/aromatic N) is 1. The number of methoxy groups -OCH3 is 1. The summed E-state index contributed by atoms with van der Waals surface area (Å²) in [6.45, 7) is 1.46. The van der Waals surface area contributed by atoms with Gasteiger partial charge in [0.15, 0.2) is 0 Å². The SMILES string of the molecule is COc1ccc(NC(=O)C2CC23CCN(C(=O)CSc2ccccc2)CC3)cc1Cl. The molecule has 2 aliphatic rings. The summed E-state index contributed by atoms with van der Waals surface area (Å²) >= 11 is 7.72. The van der Waals surface area contributed by atoms with E-state index in [0.29, 0.717) is 22.2 Å². The maximum Gasteiger partial charge on any atom is 0.232 e. The van der Waals surface area contributed by atoms with Gasteiger partial charge in [0.2, 0.25) is 11.8 Å². The number of nitrogens with one attached hydrogen (secondary N) is 1. The van der Waals surface area contributed by atoms with Crippen LogP contribution in [-0.4, -0.2) is 42.7 Å². The fourth-order valence-electron chi connectivity index (χ4n) is 4.20. The van der Waals surface area contributed by atoms with Crippen LogP contribution in [0.1, 0.15) is 19.3 Å². The minimum absolute atomic E-state index is 0.00863. The third-order valence-corrected chi connectivity index (χ3v) is 7.44. The van der Waals surface area contributed by atoms with Gasteiger partial charge in [-0.05, 0) is 55.0 Å². The Balaban J connectivity index is 1.25. The largest absolute Gasteiger partial charge is 0.495 e. The lowest BCUT2D eigenvalue weighted by Crippen LogP contribution is -2.41. The number of rotatable bonds is 6. The Morgan fingerprint density at radius 3 is 2.60 bits per heavy atom. The van der Waals surface area contributed by atoms with Gasteiger partial charge >= 0.3 is 0 Å². The Labute approximate surface area is 186 Å². The highest BCUT2D eigenvalue weighted by atomic mass is 35.5. The van der Waals surface area contributed by atoms with E-state index in [4.69, 9.17) is 16.3 Å². The van der Waals surface area contributed by atoms with Gasteiger partial charge < -0.3 is 15.0 Å². The molecule has 0 bridgehead atoms. The molecule has 1 aliphatic heterocycles. The molecule has 4 rings (SSSR count). The van der Waals surface area contributed by atoms with Crippen molar-refractivity contribution in [1.29, 1.82) is 0 Å². The van der Waals surface area contributed by atoms with Crippen molar-refractivity contribution in [2.75, 3.05) is 31.3 Å². The Bertz CT molecular complexity index is 929. The number of carbonyl (C=O) groups excluding carboxylic acids is 2. The highest BCUT2D eigenvalue weighted by molar-refractivity contribution is 8.00. The highest BCUT2D eigenvalue weighted by Crippen LogP contribution is 2.59. The van der Waals surface area contributed by atoms with E-state index in [1.165, 1.54) is 0 Å². The van der Waals surface area contributed by atoms with Crippen LogP contribution in [-0.2, 0) is 9.59 Å². The van der Waals surface area contributed by atoms with E-state index in [1.54, 1.807) is 37.1 Å². The van der Waals surface area contributed by atoms with E-state index in [1.807, 2.05) is 35.2 Å². The lowest BCUT2D eigenvalue weighted by molar-refractivity contribution is -0.130. The first-order valence-corrected chi connectivity index (χ1v) is 11.5. The molecule has 2 fully saturated rings. The van der Waals surface area contributed by atoms with E-state index < -0.39 is 0 Å². The second-order valence-electron chi connectivity index (χ2n) is 7.94. The van der Waals surface area contributed by atoms with Crippen molar-refractivity contribution >= 4 is 40.9 Å². The molecular weight excluding hydrogens is 420 g/mol. The minimum atomic E-state index is 0.00863. The van der Waals surface area contributed by atoms with Crippen LogP contribution >= 0.6 is 23.4 Å². The summed E-state index contributed by atoms with van der Waals surface area (Å²) in [6.07, 6.45) is 2.66. The molecule has 1 saturated heterocycles. The second kappa shape index (κ2) is 8.90. The van der Waals surface area contributed by atoms with E-state index in [9.17, 15) is 9.59 Å². The number of hydrogen-bond donors (Lipinski definition) is 1. The third-order valence-electron chi connectivity index (χ3n) is 6.14. The molecule has 2 aromatic carbocycles. The van der Waals surface area contributed by atoms with Crippen LogP contribution in [0.3, 0.4) is 0 Å². The molecule has 7 heteroatoms. The van der Waals surface area contributed by atoms with Crippen molar-refractivity contribution in [2.24, 2.45) is 11.3 Å². The van der Waals surface area contributed by atoms with Crippen LogP contribution < -0.4 is 10.1 Å². The number of ether oxygens (including phenoxy) is 1. The standard InChI is InChI=1S/C23H25ClN2O3S/c1-29-20-8-7-16(13-19(20)24)25-22(28)18-14-23(18)9-11-26(12-10-23)21(27)15-30-17-5-3-2-4-6-17/h2-8,13,18H,9-12,14-15H2,1H3,(H,25,28). The predicted molar refractivity (Wildman–Crippen MR) is 120 cm³/mol. The Morgan fingerprint density at radius 1 is 1.20 bits per heavy atom. The van der Waals surface area contributed by atoms with Gasteiger partial charge in [0.05, 0.1) is 17.9 Å². The van der Waals surface area contributed by atoms with Gasteiger partial charge in [-0.15, -0.1) is 11.8 Å². The molecule has 1 atom stereocenters. The summed E-state index contributed by atoms with van der Waals surface area (Å²) in [5, 5.41) is 3.45. The Morgan fingerprint density at radius 2 is 1.93 bits per heavy atom. The molecular formula is C23H25ClN2O3S. The number of amides is 2. The molecule has 0 aromatic heterocycles. The second-order valence-corrected chi connectivity index (χ2v) is 9.40. The van der Waals surface area contributed by atoms with Gasteiger partial charge in [-0.1, -0.05) is 29.8 Å². The summed E-state index contributed by atoms with van der Waals surface area (Å²) in [4.78, 5) is 28.3. The van der Waals surface area contributed by atoms with Gasteiger partial charge in [0.25, 0.3) is 0 Å². The van der Waals surface area contributed by atoms with E-state index >= 15 is 0 Å². The number of likely N-dealkylation sites (tertiary alicyclic amines) is 1. The predicted octanol–water partition coefficient (Wildman–Crippen LogP) is 4.71. The molecule has 1 heterocycles. The molecule has 1 unspecified atom stereocenters. The number of anilines is 1. The maximum absolute atomic E-state index is 12.7. The number of thioether (sulfide) groups is 1. The van der Waals surface area contributed by atoms with Crippen LogP contribution in [0.15, 0.2) is 53.4 Å². The van der Waals surface area contributed by atoms with E-state index in [-0.39, 0.29) is 23.1 Å². The van der Waals surface area contributed by atoms with Crippen molar-refractivity contribution in [2.45, 2.75) is 24.2 Å². The average Bonchev–Trinajstić information content (AvgIpc) is 3.47. The lowest BCUT2D eigenvalue weighted by Gasteiger charge is -2.32. The molecule has 5 nitrogen and oxygen atoms in total. The molecule has 1 N–H and O–H groups in total. The zero-order valence-electron chi connectivity index (χ0n) is 16.9. The molecule has 2 aromatic rings. The number of benzene rings is 2. The Hall–Kier alpha value is -2.18. The molecule has 2 amide bonds. The monoisotopic (exact) mass is 444 g/mol. The van der Waals surface area contributed by atoms with Gasteiger partial charge in [-0.2, -0.15) is 0 Å². The molecule has 1 spiro atoms. The minimum Gasteiger partial charge on any atom is -0.495 e. The summed E-state index contributed by atoms with van der Waals surface area (Å²) in [5.41, 5.74) is 0.724. The van der Waals surface area contributed by atoms with Gasteiger partial charge in [-0.25, -0.2) is 0 Å². The van der Waals surface area contributed by atoms with Gasteiger partial charge in [-0.3, -0.25) is 9.59 Å². The lowest BCUT2D eigenvalue weighted by atomic mass is 9.90. The van der Waals surface area contributed by atoms with Crippen LogP contribution in [0.4, 0.5) is 5.69 Å². The van der Waals surface area contributed by atoms with Crippen molar-refractivity contribution in [3.05, 3.63) is 53.6 Å². The molecule has 0 radical (unpaired) electrons. The van der Waals surface area contributed by atoms with E-state index in [2.05, 4.69) is 5.32 Å². The maximum atomic E-state index is 12.7. The van der Waals surface area contributed by atoms with Crippen LogP contribution in [0, 0.1) is 11.3 Å². The van der Waals surface area contributed by atoms with Crippen molar-refractivity contribution < 1.29 is 14.3 Å². The smallest absolute Gasteiger partial charge is 0.232 e. The first kappa shape index (κ1) is 21.1. The Kier molecular flexibility index (Phi) is 6.25. The fraction of sp³-hybridized carbons (Fsp3) is 0.391. The topological polar surface area (TPSA) is 58.6 Å². The van der Waals surface area contributed by atoms with Crippen LogP contribution in [0.25, 0.3) is 0 Å². The third kappa shape index (κ3) is 4.60. The summed E-state index contributed by atoms with van der Waals surface area (Å²) < 4.78 is 5.15. The molecule has 30 heavy (non-hydrogen) atoms. The summed E-state index contributed by atoms with van der Waals surface area (Å²) in [7, 11) is 1.56. The van der Waals surface area contributed by atoms with Gasteiger partial charge in [0.1, 0.15) is 5.75 Å². The van der Waals surface area contributed by atoms with Crippen LogP contribution in [0.2, 0.25) is 5.02 Å². The normalized spacial score (nSPS) is 19.4. The van der Waals surface area contributed by atoms with Crippen molar-refractivity contribution in [1.82, 2.24) is 4.90 Å². The van der Waals surface area contributed by atoms with Crippen molar-refractivity contribution in [3.63, 3.8) is 0 Å². The van der Waals surface area contributed by atoms with E-state index in [0.717, 1.165) is 37.2 Å². The molecule has 1 aliphatic carbocycles. The quantitative estimate of drug-likeness (QED) is 0.655. The number of piperidine rings is 1. The first-order valence-electron chi connectivity index (χ1n) is 10.1. The number of carbonyl (C=O) groups is 2. The zero-order chi connectivity index (χ0) is 21.1. The fourth-order valence-corrected chi connectivity index (χ4v) is 5.28. The first-order chi connectivity index (χ1) is 14.5. The molecule has 1 saturated carbocycles. The molecule has 158 valence electrons. The average molecular weight is 445 g/mol. The summed E-state index contributed by atoms with van der Waals surface area (Å²) in [6, 6.07) is 15.2. The zero-order valence-corrected chi connectivity index (χ0v) is 18.5.